The van der Waals surface area contributed by atoms with E-state index < -0.39 is 7.69 Å². The van der Waals surface area contributed by atoms with Gasteiger partial charge < -0.3 is 14.8 Å². The van der Waals surface area contributed by atoms with E-state index in [2.05, 4.69) is 0 Å². The molecule has 1 aromatic carbocycles. The molecule has 0 aliphatic heterocycles. The van der Waals surface area contributed by atoms with E-state index in [0.29, 0.717) is 5.75 Å². The van der Waals surface area contributed by atoms with E-state index in [9.17, 15) is 4.39 Å². The van der Waals surface area contributed by atoms with E-state index in [1.807, 2.05) is 13.8 Å². The van der Waals surface area contributed by atoms with Gasteiger partial charge in [0.15, 0.2) is 0 Å². The molecule has 0 spiro atoms. The standard InChI is InChI=1S/C9H11FO.BH3O2/c1-7(2)11-9-5-3-4-8(10)6-9;2-1-3/h3-7H,1-2H3;1-3H. The number of halogens is 1. The molecule has 0 atom stereocenters. The van der Waals surface area contributed by atoms with Crippen LogP contribution in [0.2, 0.25) is 0 Å². The summed E-state index contributed by atoms with van der Waals surface area (Å²) in [4.78, 5) is 0. The van der Waals surface area contributed by atoms with Crippen molar-refractivity contribution in [2.45, 2.75) is 20.0 Å². The third-order valence-electron chi connectivity index (χ3n) is 1.17. The van der Waals surface area contributed by atoms with Gasteiger partial charge in [-0.3, -0.25) is 0 Å². The summed E-state index contributed by atoms with van der Waals surface area (Å²) >= 11 is 0. The van der Waals surface area contributed by atoms with Gasteiger partial charge in [-0.25, -0.2) is 4.39 Å². The maximum absolute atomic E-state index is 12.5. The fraction of sp³-hybridized carbons (Fsp3) is 0.333. The van der Waals surface area contributed by atoms with Gasteiger partial charge in [0.2, 0.25) is 0 Å². The third kappa shape index (κ3) is 6.45. The second-order valence-electron chi connectivity index (χ2n) is 2.77. The second kappa shape index (κ2) is 7.35. The molecular weight excluding hydrogens is 186 g/mol. The maximum atomic E-state index is 12.5. The van der Waals surface area contributed by atoms with Gasteiger partial charge in [-0.2, -0.15) is 0 Å². The van der Waals surface area contributed by atoms with Crippen LogP contribution in [-0.2, 0) is 0 Å². The van der Waals surface area contributed by atoms with Gasteiger partial charge in [-0.15, -0.1) is 0 Å². The second-order valence-corrected chi connectivity index (χ2v) is 2.77. The maximum Gasteiger partial charge on any atom is 0.432 e. The van der Waals surface area contributed by atoms with Crippen LogP contribution in [0.4, 0.5) is 4.39 Å². The van der Waals surface area contributed by atoms with Crippen molar-refractivity contribution in [3.63, 3.8) is 0 Å². The Morgan fingerprint density at radius 3 is 2.36 bits per heavy atom. The van der Waals surface area contributed by atoms with E-state index in [1.165, 1.54) is 12.1 Å². The van der Waals surface area contributed by atoms with Crippen molar-refractivity contribution < 1.29 is 19.2 Å². The molecule has 1 aromatic rings. The Hall–Kier alpha value is -1.07. The summed E-state index contributed by atoms with van der Waals surface area (Å²) in [5.41, 5.74) is 0. The molecule has 14 heavy (non-hydrogen) atoms. The molecule has 0 bridgehead atoms. The molecule has 3 nitrogen and oxygen atoms in total. The normalized spacial score (nSPS) is 9.00. The van der Waals surface area contributed by atoms with Crippen LogP contribution < -0.4 is 4.74 Å². The van der Waals surface area contributed by atoms with Gasteiger partial charge in [0.05, 0.1) is 6.10 Å². The van der Waals surface area contributed by atoms with Crippen molar-refractivity contribution in [1.82, 2.24) is 0 Å². The molecule has 0 saturated carbocycles. The molecular formula is C9H14BFO3. The number of hydrogen-bond acceptors (Lipinski definition) is 3. The molecule has 78 valence electrons. The summed E-state index contributed by atoms with van der Waals surface area (Å²) in [5, 5.41) is 14.2. The molecule has 2 N–H and O–H groups in total. The van der Waals surface area contributed by atoms with Crippen molar-refractivity contribution in [3.05, 3.63) is 30.1 Å². The lowest BCUT2D eigenvalue weighted by molar-refractivity contribution is 0.241. The van der Waals surface area contributed by atoms with Crippen molar-refractivity contribution in [1.29, 1.82) is 0 Å². The van der Waals surface area contributed by atoms with E-state index in [-0.39, 0.29) is 11.9 Å². The molecule has 0 aromatic heterocycles. The lowest BCUT2D eigenvalue weighted by Crippen LogP contribution is -2.05. The minimum atomic E-state index is -0.750. The molecule has 0 heterocycles. The molecule has 0 aliphatic rings. The Labute approximate surface area is 83.5 Å². The van der Waals surface area contributed by atoms with Crippen molar-refractivity contribution >= 4 is 7.69 Å². The first kappa shape index (κ1) is 12.9. The van der Waals surface area contributed by atoms with Crippen molar-refractivity contribution in [2.24, 2.45) is 0 Å². The Kier molecular flexibility index (Phi) is 6.79. The highest BCUT2D eigenvalue weighted by molar-refractivity contribution is 6.13. The number of rotatable bonds is 2. The third-order valence-corrected chi connectivity index (χ3v) is 1.17. The van der Waals surface area contributed by atoms with Gasteiger partial charge in [-0.1, -0.05) is 6.07 Å². The minimum Gasteiger partial charge on any atom is -0.491 e. The van der Waals surface area contributed by atoms with Gasteiger partial charge in [-0.05, 0) is 26.0 Å². The molecule has 0 fully saturated rings. The zero-order chi connectivity index (χ0) is 11.0. The van der Waals surface area contributed by atoms with Gasteiger partial charge in [0.25, 0.3) is 0 Å². The zero-order valence-electron chi connectivity index (χ0n) is 8.27. The van der Waals surface area contributed by atoms with Crippen LogP contribution in [-0.4, -0.2) is 23.8 Å². The molecule has 0 unspecified atom stereocenters. The summed E-state index contributed by atoms with van der Waals surface area (Å²) in [6.07, 6.45) is 0.0943. The molecule has 0 saturated heterocycles. The first-order valence-corrected chi connectivity index (χ1v) is 4.24. The Morgan fingerprint density at radius 2 is 1.93 bits per heavy atom. The summed E-state index contributed by atoms with van der Waals surface area (Å²) in [6.45, 7) is 3.82. The molecule has 0 radical (unpaired) electrons. The van der Waals surface area contributed by atoms with E-state index in [0.717, 1.165) is 0 Å². The largest absolute Gasteiger partial charge is 0.491 e. The topological polar surface area (TPSA) is 49.7 Å². The van der Waals surface area contributed by atoms with Crippen LogP contribution in [0, 0.1) is 5.82 Å². The van der Waals surface area contributed by atoms with E-state index in [4.69, 9.17) is 14.8 Å². The lowest BCUT2D eigenvalue weighted by Gasteiger charge is -2.08. The highest BCUT2D eigenvalue weighted by Crippen LogP contribution is 2.13. The first-order valence-electron chi connectivity index (χ1n) is 4.24. The summed E-state index contributed by atoms with van der Waals surface area (Å²) in [6, 6.07) is 6.14. The fourth-order valence-corrected chi connectivity index (χ4v) is 0.812. The lowest BCUT2D eigenvalue weighted by atomic mass is 10.3. The summed E-state index contributed by atoms with van der Waals surface area (Å²) < 4.78 is 17.8. The van der Waals surface area contributed by atoms with Crippen LogP contribution in [0.25, 0.3) is 0 Å². The number of hydrogen-bond donors (Lipinski definition) is 2. The number of benzene rings is 1. The Balaban J connectivity index is 0.000000500. The summed E-state index contributed by atoms with van der Waals surface area (Å²) in [5.74, 6) is 0.322. The number of ether oxygens (including phenoxy) is 1. The SMILES string of the molecule is CC(C)Oc1cccc(F)c1.OBO. The van der Waals surface area contributed by atoms with Gasteiger partial charge >= 0.3 is 7.69 Å². The highest BCUT2D eigenvalue weighted by atomic mass is 19.1. The Morgan fingerprint density at radius 1 is 1.36 bits per heavy atom. The predicted octanol–water partition coefficient (Wildman–Crippen LogP) is 0.850. The van der Waals surface area contributed by atoms with E-state index >= 15 is 0 Å². The van der Waals surface area contributed by atoms with Gasteiger partial charge in [0, 0.05) is 6.07 Å². The van der Waals surface area contributed by atoms with Crippen LogP contribution >= 0.6 is 0 Å². The van der Waals surface area contributed by atoms with E-state index in [1.54, 1.807) is 12.1 Å². The quantitative estimate of drug-likeness (QED) is 0.695. The first-order chi connectivity index (χ1) is 6.60. The monoisotopic (exact) mass is 200 g/mol. The predicted molar refractivity (Wildman–Crippen MR) is 53.8 cm³/mol. The highest BCUT2D eigenvalue weighted by Gasteiger charge is 1.97. The van der Waals surface area contributed by atoms with Crippen LogP contribution in [0.5, 0.6) is 5.75 Å². The van der Waals surface area contributed by atoms with Crippen LogP contribution in [0.1, 0.15) is 13.8 Å². The van der Waals surface area contributed by atoms with Crippen LogP contribution in [0.15, 0.2) is 24.3 Å². The van der Waals surface area contributed by atoms with Crippen LogP contribution in [0.3, 0.4) is 0 Å². The Bertz CT molecular complexity index is 256. The smallest absolute Gasteiger partial charge is 0.432 e. The summed E-state index contributed by atoms with van der Waals surface area (Å²) in [7, 11) is -0.750. The fourth-order valence-electron chi connectivity index (χ4n) is 0.812. The molecule has 5 heteroatoms. The van der Waals surface area contributed by atoms with Crippen molar-refractivity contribution in [2.75, 3.05) is 0 Å². The molecule has 1 rings (SSSR count). The average molecular weight is 200 g/mol. The molecule has 0 amide bonds. The van der Waals surface area contributed by atoms with Gasteiger partial charge in [0.1, 0.15) is 11.6 Å². The average Bonchev–Trinajstić information content (AvgIpc) is 2.03. The molecule has 0 aliphatic carbocycles. The van der Waals surface area contributed by atoms with Crippen molar-refractivity contribution in [3.8, 4) is 5.75 Å². The zero-order valence-corrected chi connectivity index (χ0v) is 8.27. The minimum absolute atomic E-state index is 0.0943.